The third-order valence-corrected chi connectivity index (χ3v) is 3.33. The van der Waals surface area contributed by atoms with Crippen LogP contribution in [0.1, 0.15) is 27.4 Å². The number of nitrogens with one attached hydrogen (secondary N) is 1. The van der Waals surface area contributed by atoms with Gasteiger partial charge in [-0.2, -0.15) is 0 Å². The van der Waals surface area contributed by atoms with Gasteiger partial charge in [-0.05, 0) is 32.4 Å². The molecule has 1 amide bonds. The van der Waals surface area contributed by atoms with E-state index >= 15 is 0 Å². The fourth-order valence-corrected chi connectivity index (χ4v) is 2.10. The van der Waals surface area contributed by atoms with E-state index in [4.69, 9.17) is 10.3 Å². The Kier molecular flexibility index (Phi) is 4.40. The van der Waals surface area contributed by atoms with Crippen molar-refractivity contribution in [3.8, 4) is 0 Å². The van der Waals surface area contributed by atoms with E-state index in [-0.39, 0.29) is 16.9 Å². The number of nitrogens with zero attached hydrogens (tertiary/aromatic N) is 2. The molecule has 0 atom stereocenters. The molecule has 0 aliphatic heterocycles. The van der Waals surface area contributed by atoms with E-state index in [1.807, 2.05) is 6.92 Å². The van der Waals surface area contributed by atoms with Crippen LogP contribution in [0.15, 0.2) is 22.7 Å². The first-order valence-corrected chi connectivity index (χ1v) is 6.64. The van der Waals surface area contributed by atoms with Gasteiger partial charge < -0.3 is 15.6 Å². The predicted octanol–water partition coefficient (Wildman–Crippen LogP) is 1.75. The summed E-state index contributed by atoms with van der Waals surface area (Å²) in [6, 6.07) is 3.97. The molecule has 8 nitrogen and oxygen atoms in total. The number of carbonyl (C=O) groups is 1. The highest BCUT2D eigenvalue weighted by molar-refractivity contribution is 5.95. The summed E-state index contributed by atoms with van der Waals surface area (Å²) < 4.78 is 5.04. The van der Waals surface area contributed by atoms with E-state index in [0.717, 1.165) is 17.0 Å². The van der Waals surface area contributed by atoms with Gasteiger partial charge in [-0.25, -0.2) is 0 Å². The van der Waals surface area contributed by atoms with Crippen LogP contribution in [0.3, 0.4) is 0 Å². The van der Waals surface area contributed by atoms with Crippen molar-refractivity contribution in [1.82, 2.24) is 10.5 Å². The number of amides is 1. The largest absolute Gasteiger partial charge is 0.393 e. The van der Waals surface area contributed by atoms with Crippen molar-refractivity contribution in [2.75, 3.05) is 12.3 Å². The molecule has 2 rings (SSSR count). The van der Waals surface area contributed by atoms with Gasteiger partial charge in [0.15, 0.2) is 0 Å². The van der Waals surface area contributed by atoms with Crippen molar-refractivity contribution < 1.29 is 14.2 Å². The molecule has 0 bridgehead atoms. The number of anilines is 1. The Bertz CT molecular complexity index is 704. The fourth-order valence-electron chi connectivity index (χ4n) is 2.10. The molecule has 0 radical (unpaired) electrons. The van der Waals surface area contributed by atoms with Crippen LogP contribution in [0.5, 0.6) is 0 Å². The van der Waals surface area contributed by atoms with Crippen LogP contribution >= 0.6 is 0 Å². The topological polar surface area (TPSA) is 124 Å². The Labute approximate surface area is 126 Å². The molecular weight excluding hydrogens is 288 g/mol. The van der Waals surface area contributed by atoms with Crippen LogP contribution in [-0.2, 0) is 6.42 Å². The van der Waals surface area contributed by atoms with Gasteiger partial charge in [-0.1, -0.05) is 5.16 Å². The zero-order valence-electron chi connectivity index (χ0n) is 12.3. The second-order valence-corrected chi connectivity index (χ2v) is 4.84. The molecule has 1 aromatic carbocycles. The second-order valence-electron chi connectivity index (χ2n) is 4.84. The first-order valence-electron chi connectivity index (χ1n) is 6.64. The minimum Gasteiger partial charge on any atom is -0.393 e. The molecule has 0 saturated carbocycles. The lowest BCUT2D eigenvalue weighted by molar-refractivity contribution is -0.383. The number of nitro groups is 1. The first-order chi connectivity index (χ1) is 10.4. The van der Waals surface area contributed by atoms with Crippen molar-refractivity contribution in [3.05, 3.63) is 50.9 Å². The molecule has 1 heterocycles. The number of aryl methyl sites for hydroxylation is 2. The monoisotopic (exact) mass is 304 g/mol. The van der Waals surface area contributed by atoms with Crippen molar-refractivity contribution in [2.24, 2.45) is 0 Å². The molecule has 2 aromatic rings. The summed E-state index contributed by atoms with van der Waals surface area (Å²) in [6.07, 6.45) is 0.573. The zero-order valence-corrected chi connectivity index (χ0v) is 12.3. The fraction of sp³-hybridized carbons (Fsp3) is 0.286. The summed E-state index contributed by atoms with van der Waals surface area (Å²) in [4.78, 5) is 22.2. The lowest BCUT2D eigenvalue weighted by Crippen LogP contribution is -2.26. The Morgan fingerprint density at radius 1 is 1.45 bits per heavy atom. The summed E-state index contributed by atoms with van der Waals surface area (Å²) in [5.41, 5.74) is 7.17. The highest BCUT2D eigenvalue weighted by atomic mass is 16.6. The molecule has 3 N–H and O–H groups in total. The van der Waals surface area contributed by atoms with Gasteiger partial charge >= 0.3 is 0 Å². The van der Waals surface area contributed by atoms with Crippen LogP contribution in [0, 0.1) is 24.0 Å². The molecule has 0 unspecified atom stereocenters. The Morgan fingerprint density at radius 2 is 2.18 bits per heavy atom. The summed E-state index contributed by atoms with van der Waals surface area (Å²) in [5.74, 6) is 0.324. The number of hydrogen-bond acceptors (Lipinski definition) is 6. The molecule has 8 heteroatoms. The Balaban J connectivity index is 2.01. The van der Waals surface area contributed by atoms with E-state index in [0.29, 0.717) is 13.0 Å². The first kappa shape index (κ1) is 15.5. The van der Waals surface area contributed by atoms with Crippen LogP contribution in [0.4, 0.5) is 11.4 Å². The second kappa shape index (κ2) is 6.25. The van der Waals surface area contributed by atoms with Crippen molar-refractivity contribution in [2.45, 2.75) is 20.3 Å². The quantitative estimate of drug-likeness (QED) is 0.492. The van der Waals surface area contributed by atoms with E-state index in [2.05, 4.69) is 10.5 Å². The number of benzene rings is 1. The maximum atomic E-state index is 12.0. The van der Waals surface area contributed by atoms with Crippen molar-refractivity contribution >= 4 is 17.3 Å². The highest BCUT2D eigenvalue weighted by Gasteiger charge is 2.16. The van der Waals surface area contributed by atoms with E-state index in [1.54, 1.807) is 6.92 Å². The number of nitro benzene ring substituents is 1. The smallest absolute Gasteiger partial charge is 0.292 e. The van der Waals surface area contributed by atoms with Gasteiger partial charge in [0.25, 0.3) is 11.6 Å². The van der Waals surface area contributed by atoms with Gasteiger partial charge in [0.05, 0.1) is 10.6 Å². The third-order valence-electron chi connectivity index (χ3n) is 3.33. The highest BCUT2D eigenvalue weighted by Crippen LogP contribution is 2.22. The summed E-state index contributed by atoms with van der Waals surface area (Å²) in [7, 11) is 0. The maximum Gasteiger partial charge on any atom is 0.292 e. The van der Waals surface area contributed by atoms with Crippen molar-refractivity contribution in [1.29, 1.82) is 0 Å². The molecule has 0 aliphatic carbocycles. The minimum atomic E-state index is -0.615. The number of hydrogen-bond donors (Lipinski definition) is 2. The molecule has 22 heavy (non-hydrogen) atoms. The van der Waals surface area contributed by atoms with Gasteiger partial charge in [0.1, 0.15) is 11.4 Å². The molecule has 0 saturated heterocycles. The summed E-state index contributed by atoms with van der Waals surface area (Å²) in [6.45, 7) is 4.01. The van der Waals surface area contributed by atoms with E-state index in [1.165, 1.54) is 18.2 Å². The predicted molar refractivity (Wildman–Crippen MR) is 79.5 cm³/mol. The van der Waals surface area contributed by atoms with Crippen LogP contribution in [-0.4, -0.2) is 22.5 Å². The van der Waals surface area contributed by atoms with Gasteiger partial charge in [0, 0.05) is 23.7 Å². The molecule has 0 spiro atoms. The lowest BCUT2D eigenvalue weighted by Gasteiger charge is -2.06. The van der Waals surface area contributed by atoms with Gasteiger partial charge in [0.2, 0.25) is 0 Å². The molecule has 0 fully saturated rings. The van der Waals surface area contributed by atoms with Crippen LogP contribution in [0.2, 0.25) is 0 Å². The van der Waals surface area contributed by atoms with Crippen LogP contribution in [0.25, 0.3) is 0 Å². The maximum absolute atomic E-state index is 12.0. The Hall–Kier alpha value is -2.90. The van der Waals surface area contributed by atoms with Gasteiger partial charge in [-0.15, -0.1) is 0 Å². The number of carbonyl (C=O) groups excluding carboxylic acids is 1. The van der Waals surface area contributed by atoms with E-state index < -0.39 is 10.8 Å². The average molecular weight is 304 g/mol. The molecule has 1 aromatic heterocycles. The molecule has 116 valence electrons. The average Bonchev–Trinajstić information content (AvgIpc) is 2.79. The number of aromatic nitrogens is 1. The summed E-state index contributed by atoms with van der Waals surface area (Å²) in [5, 5.41) is 17.4. The Morgan fingerprint density at radius 3 is 2.77 bits per heavy atom. The SMILES string of the molecule is Cc1noc(C)c1CCNC(=O)c1ccc(N)c([N+](=O)[O-])c1. The third kappa shape index (κ3) is 3.22. The zero-order chi connectivity index (χ0) is 16.3. The normalized spacial score (nSPS) is 10.5. The lowest BCUT2D eigenvalue weighted by atomic mass is 10.1. The number of nitrogens with two attached hydrogens (primary N) is 1. The molecular formula is C14H16N4O4. The van der Waals surface area contributed by atoms with Gasteiger partial charge in [-0.3, -0.25) is 14.9 Å². The number of rotatable bonds is 5. The van der Waals surface area contributed by atoms with Crippen LogP contribution < -0.4 is 11.1 Å². The van der Waals surface area contributed by atoms with Crippen molar-refractivity contribution in [3.63, 3.8) is 0 Å². The van der Waals surface area contributed by atoms with E-state index in [9.17, 15) is 14.9 Å². The minimum absolute atomic E-state index is 0.0253. The summed E-state index contributed by atoms with van der Waals surface area (Å²) >= 11 is 0. The molecule has 0 aliphatic rings. The number of nitrogen functional groups attached to an aromatic ring is 1. The standard InChI is InChI=1S/C14H16N4O4/c1-8-11(9(2)22-17-8)5-6-16-14(19)10-3-4-12(15)13(7-10)18(20)21/h3-4,7H,5-6,15H2,1-2H3,(H,16,19).